The number of nitrogens with zero attached hydrogens (tertiary/aromatic N) is 1. The number of carbonyl (C=O) groups excluding carboxylic acids is 1. The lowest BCUT2D eigenvalue weighted by Crippen LogP contribution is -2.11. The number of hydrogen-bond donors (Lipinski definition) is 1. The quantitative estimate of drug-likeness (QED) is 0.236. The van der Waals surface area contributed by atoms with E-state index in [2.05, 4.69) is 34.0 Å². The van der Waals surface area contributed by atoms with Crippen molar-refractivity contribution in [2.24, 2.45) is 0 Å². The van der Waals surface area contributed by atoms with Crippen LogP contribution in [0.4, 0.5) is 5.69 Å². The number of nitrogens with one attached hydrogen (secondary N) is 1. The zero-order valence-corrected chi connectivity index (χ0v) is 19.3. The van der Waals surface area contributed by atoms with Gasteiger partial charge in [0.1, 0.15) is 9.88 Å². The van der Waals surface area contributed by atoms with Crippen molar-refractivity contribution in [2.45, 2.75) is 0 Å². The largest absolute Gasteiger partial charge is 0.321 e. The molecule has 142 valence electrons. The molecule has 2 aromatic heterocycles. The van der Waals surface area contributed by atoms with Gasteiger partial charge in [0.15, 0.2) is 0 Å². The molecule has 5 aromatic rings. The lowest BCUT2D eigenvalue weighted by atomic mass is 10.2. The molecule has 0 saturated heterocycles. The highest BCUT2D eigenvalue weighted by molar-refractivity contribution is 14.1. The number of halogens is 2. The average molecular weight is 547 g/mol. The van der Waals surface area contributed by atoms with Gasteiger partial charge in [-0.3, -0.25) is 4.79 Å². The Bertz CT molecular complexity index is 1360. The molecule has 0 aliphatic carbocycles. The first-order valence-electron chi connectivity index (χ1n) is 8.74. The van der Waals surface area contributed by atoms with E-state index in [0.29, 0.717) is 9.90 Å². The third-order valence-electron chi connectivity index (χ3n) is 4.50. The van der Waals surface area contributed by atoms with Gasteiger partial charge in [0.25, 0.3) is 5.91 Å². The first kappa shape index (κ1) is 19.0. The SMILES string of the molecule is O=C(Nc1ccc(I)cc1-c1nc2ccccc2s1)c1sc2ccccc2c1Cl. The Morgan fingerprint density at radius 1 is 0.966 bits per heavy atom. The van der Waals surface area contributed by atoms with Crippen LogP contribution in [0.2, 0.25) is 5.02 Å². The molecule has 7 heteroatoms. The number of carbonyl (C=O) groups is 1. The maximum Gasteiger partial charge on any atom is 0.267 e. The summed E-state index contributed by atoms with van der Waals surface area (Å²) in [5.74, 6) is -0.209. The van der Waals surface area contributed by atoms with Crippen molar-refractivity contribution >= 4 is 88.8 Å². The molecule has 0 atom stereocenters. The smallest absolute Gasteiger partial charge is 0.267 e. The van der Waals surface area contributed by atoms with Crippen LogP contribution in [0.15, 0.2) is 66.7 Å². The fourth-order valence-corrected chi connectivity index (χ4v) is 6.03. The minimum absolute atomic E-state index is 0.209. The van der Waals surface area contributed by atoms with Crippen molar-refractivity contribution in [1.82, 2.24) is 4.98 Å². The van der Waals surface area contributed by atoms with Crippen LogP contribution in [0.25, 0.3) is 30.9 Å². The molecule has 29 heavy (non-hydrogen) atoms. The van der Waals surface area contributed by atoms with Gasteiger partial charge in [-0.1, -0.05) is 41.9 Å². The summed E-state index contributed by atoms with van der Waals surface area (Å²) in [6.45, 7) is 0. The van der Waals surface area contributed by atoms with Gasteiger partial charge in [0, 0.05) is 19.2 Å². The van der Waals surface area contributed by atoms with E-state index in [4.69, 9.17) is 16.6 Å². The van der Waals surface area contributed by atoms with E-state index in [1.807, 2.05) is 60.7 Å². The Kier molecular flexibility index (Phi) is 5.03. The second-order valence-corrected chi connectivity index (χ2v) is 10.1. The topological polar surface area (TPSA) is 42.0 Å². The normalized spacial score (nSPS) is 11.2. The van der Waals surface area contributed by atoms with Crippen LogP contribution in [-0.2, 0) is 0 Å². The van der Waals surface area contributed by atoms with Crippen LogP contribution in [0.3, 0.4) is 0 Å². The van der Waals surface area contributed by atoms with E-state index in [1.54, 1.807) is 11.3 Å². The van der Waals surface area contributed by atoms with Crippen LogP contribution in [0.1, 0.15) is 9.67 Å². The summed E-state index contributed by atoms with van der Waals surface area (Å²) in [6, 6.07) is 21.7. The number of thiazole rings is 1. The Labute approximate surface area is 193 Å². The van der Waals surface area contributed by atoms with Gasteiger partial charge in [-0.25, -0.2) is 4.98 Å². The van der Waals surface area contributed by atoms with E-state index < -0.39 is 0 Å². The molecule has 3 aromatic carbocycles. The first-order valence-corrected chi connectivity index (χ1v) is 11.8. The summed E-state index contributed by atoms with van der Waals surface area (Å²) >= 11 is 11.8. The molecular formula is C22H12ClIN2OS2. The highest BCUT2D eigenvalue weighted by Crippen LogP contribution is 2.38. The molecule has 0 fully saturated rings. The molecule has 0 saturated carbocycles. The molecular weight excluding hydrogens is 535 g/mol. The minimum atomic E-state index is -0.209. The van der Waals surface area contributed by atoms with Gasteiger partial charge in [0.2, 0.25) is 0 Å². The molecule has 5 rings (SSSR count). The summed E-state index contributed by atoms with van der Waals surface area (Å²) in [4.78, 5) is 18.3. The molecule has 0 aliphatic heterocycles. The summed E-state index contributed by atoms with van der Waals surface area (Å²) in [5, 5.41) is 5.32. The van der Waals surface area contributed by atoms with Gasteiger partial charge in [-0.15, -0.1) is 22.7 Å². The molecule has 0 unspecified atom stereocenters. The number of benzene rings is 3. The number of aromatic nitrogens is 1. The number of para-hydroxylation sites is 1. The van der Waals surface area contributed by atoms with Crippen molar-refractivity contribution in [3.63, 3.8) is 0 Å². The first-order chi connectivity index (χ1) is 14.1. The highest BCUT2D eigenvalue weighted by Gasteiger charge is 2.19. The van der Waals surface area contributed by atoms with Crippen LogP contribution >= 0.6 is 56.9 Å². The molecule has 0 aliphatic rings. The number of rotatable bonds is 3. The fourth-order valence-electron chi connectivity index (χ4n) is 3.13. The van der Waals surface area contributed by atoms with E-state index in [1.165, 1.54) is 11.3 Å². The van der Waals surface area contributed by atoms with Crippen molar-refractivity contribution in [2.75, 3.05) is 5.32 Å². The number of fused-ring (bicyclic) bond motifs is 2. The lowest BCUT2D eigenvalue weighted by Gasteiger charge is -2.09. The number of amides is 1. The summed E-state index contributed by atoms with van der Waals surface area (Å²) in [6.07, 6.45) is 0. The molecule has 3 nitrogen and oxygen atoms in total. The Hall–Kier alpha value is -2.00. The molecule has 1 N–H and O–H groups in total. The standard InChI is InChI=1S/C22H12ClIN2OS2/c23-19-13-5-1-3-7-17(13)28-20(19)21(27)25-15-10-9-12(24)11-14(15)22-26-16-6-2-4-8-18(16)29-22/h1-11H,(H,25,27). The van der Waals surface area contributed by atoms with Crippen molar-refractivity contribution in [1.29, 1.82) is 0 Å². The number of anilines is 1. The van der Waals surface area contributed by atoms with Crippen LogP contribution in [-0.4, -0.2) is 10.9 Å². The predicted molar refractivity (Wildman–Crippen MR) is 133 cm³/mol. The monoisotopic (exact) mass is 546 g/mol. The molecule has 1 amide bonds. The Balaban J connectivity index is 1.56. The van der Waals surface area contributed by atoms with Gasteiger partial charge in [0.05, 0.1) is 20.9 Å². The number of hydrogen-bond acceptors (Lipinski definition) is 4. The van der Waals surface area contributed by atoms with Crippen LogP contribution < -0.4 is 5.32 Å². The van der Waals surface area contributed by atoms with Gasteiger partial charge in [-0.2, -0.15) is 0 Å². The summed E-state index contributed by atoms with van der Waals surface area (Å²) in [5.41, 5.74) is 2.59. The van der Waals surface area contributed by atoms with E-state index in [9.17, 15) is 4.79 Å². The second kappa shape index (κ2) is 7.68. The van der Waals surface area contributed by atoms with Gasteiger partial charge in [-0.05, 0) is 59.0 Å². The molecule has 2 heterocycles. The van der Waals surface area contributed by atoms with Crippen LogP contribution in [0, 0.1) is 3.57 Å². The zero-order valence-electron chi connectivity index (χ0n) is 14.8. The summed E-state index contributed by atoms with van der Waals surface area (Å²) < 4.78 is 3.19. The van der Waals surface area contributed by atoms with Crippen molar-refractivity contribution in [3.8, 4) is 10.6 Å². The molecule has 0 radical (unpaired) electrons. The van der Waals surface area contributed by atoms with E-state index in [0.717, 1.165) is 40.1 Å². The molecule has 0 bridgehead atoms. The predicted octanol–water partition coefficient (Wildman–Crippen LogP) is 7.69. The van der Waals surface area contributed by atoms with Gasteiger partial charge < -0.3 is 5.32 Å². The minimum Gasteiger partial charge on any atom is -0.321 e. The van der Waals surface area contributed by atoms with Crippen LogP contribution in [0.5, 0.6) is 0 Å². The lowest BCUT2D eigenvalue weighted by molar-refractivity contribution is 0.103. The summed E-state index contributed by atoms with van der Waals surface area (Å²) in [7, 11) is 0. The average Bonchev–Trinajstić information content (AvgIpc) is 3.31. The Morgan fingerprint density at radius 3 is 2.52 bits per heavy atom. The highest BCUT2D eigenvalue weighted by atomic mass is 127. The van der Waals surface area contributed by atoms with E-state index in [-0.39, 0.29) is 5.91 Å². The van der Waals surface area contributed by atoms with Gasteiger partial charge >= 0.3 is 0 Å². The fraction of sp³-hybridized carbons (Fsp3) is 0. The maximum atomic E-state index is 13.0. The van der Waals surface area contributed by atoms with Crippen molar-refractivity contribution < 1.29 is 4.79 Å². The Morgan fingerprint density at radius 2 is 1.72 bits per heavy atom. The second-order valence-electron chi connectivity index (χ2n) is 6.37. The van der Waals surface area contributed by atoms with Crippen molar-refractivity contribution in [3.05, 3.63) is 80.2 Å². The number of thiophene rings is 1. The molecule has 0 spiro atoms. The maximum absolute atomic E-state index is 13.0. The third kappa shape index (κ3) is 3.54. The zero-order chi connectivity index (χ0) is 20.0. The van der Waals surface area contributed by atoms with E-state index >= 15 is 0 Å². The third-order valence-corrected chi connectivity index (χ3v) is 7.91.